The number of fused-ring (bicyclic) bond motifs is 1. The van der Waals surface area contributed by atoms with Crippen LogP contribution < -0.4 is 24.4 Å². The van der Waals surface area contributed by atoms with E-state index in [0.717, 1.165) is 0 Å². The number of para-hydroxylation sites is 1. The summed E-state index contributed by atoms with van der Waals surface area (Å²) >= 11 is 12.5. The minimum absolute atomic E-state index is 0.0690. The lowest BCUT2D eigenvalue weighted by Gasteiger charge is -2.16. The summed E-state index contributed by atoms with van der Waals surface area (Å²) in [4.78, 5) is 26.0. The third-order valence-electron chi connectivity index (χ3n) is 5.37. The van der Waals surface area contributed by atoms with Crippen molar-refractivity contribution in [1.82, 2.24) is 0 Å². The molecule has 0 radical (unpaired) electrons. The van der Waals surface area contributed by atoms with Crippen LogP contribution in [0.15, 0.2) is 63.8 Å². The quantitative estimate of drug-likeness (QED) is 0.169. The van der Waals surface area contributed by atoms with Crippen molar-refractivity contribution < 1.29 is 33.3 Å². The highest BCUT2D eigenvalue weighted by Gasteiger charge is 2.27. The maximum Gasteiger partial charge on any atom is 0.336 e. The minimum Gasteiger partial charge on any atom is -0.507 e. The zero-order chi connectivity index (χ0) is 26.7. The molecule has 8 nitrogen and oxygen atoms in total. The fraction of sp³-hybridized carbons (Fsp3) is 0.111. The van der Waals surface area contributed by atoms with Crippen molar-refractivity contribution in [3.63, 3.8) is 0 Å². The van der Waals surface area contributed by atoms with E-state index in [1.807, 2.05) is 0 Å². The monoisotopic (exact) mass is 542 g/mol. The van der Waals surface area contributed by atoms with Crippen LogP contribution in [0, 0.1) is 0 Å². The van der Waals surface area contributed by atoms with Crippen LogP contribution in [0.1, 0.15) is 5.56 Å². The second-order valence-electron chi connectivity index (χ2n) is 7.52. The molecule has 0 spiro atoms. The molecule has 4 aromatic rings. The number of carbonyl (C=O) groups is 1. The maximum atomic E-state index is 13.3. The first-order chi connectivity index (χ1) is 17.8. The lowest BCUT2D eigenvalue weighted by molar-refractivity contribution is -0.128. The van der Waals surface area contributed by atoms with Crippen LogP contribution in [0.2, 0.25) is 10.0 Å². The van der Waals surface area contributed by atoms with Gasteiger partial charge in [-0.05, 0) is 29.8 Å². The summed E-state index contributed by atoms with van der Waals surface area (Å²) in [6.07, 6.45) is 2.69. The van der Waals surface area contributed by atoms with E-state index in [4.69, 9.17) is 46.6 Å². The summed E-state index contributed by atoms with van der Waals surface area (Å²) in [5.74, 6) is -1.38. The first-order valence-electron chi connectivity index (χ1n) is 10.7. The normalized spacial score (nSPS) is 11.1. The SMILES string of the molecule is COc1cc(O)c2c(=O)c(OC)c(-c3cccc(Cl)c3OC(=O)/C=C/c3ccccc3Cl)oc2c1OC. The molecule has 10 heteroatoms. The van der Waals surface area contributed by atoms with Crippen molar-refractivity contribution in [3.8, 4) is 40.1 Å². The highest BCUT2D eigenvalue weighted by Crippen LogP contribution is 2.45. The van der Waals surface area contributed by atoms with E-state index in [1.54, 1.807) is 30.3 Å². The molecule has 0 aliphatic carbocycles. The van der Waals surface area contributed by atoms with E-state index in [0.29, 0.717) is 10.6 Å². The summed E-state index contributed by atoms with van der Waals surface area (Å²) in [5.41, 5.74) is -0.0279. The van der Waals surface area contributed by atoms with Crippen molar-refractivity contribution in [3.05, 3.63) is 80.4 Å². The van der Waals surface area contributed by atoms with Crippen LogP contribution in [0.3, 0.4) is 0 Å². The smallest absolute Gasteiger partial charge is 0.336 e. The number of hydrogen-bond donors (Lipinski definition) is 1. The number of phenolic OH excluding ortho intramolecular Hbond substituents is 1. The van der Waals surface area contributed by atoms with E-state index in [1.165, 1.54) is 51.7 Å². The minimum atomic E-state index is -0.756. The molecule has 190 valence electrons. The fourth-order valence-electron chi connectivity index (χ4n) is 3.69. The lowest BCUT2D eigenvalue weighted by atomic mass is 10.1. The van der Waals surface area contributed by atoms with Crippen LogP contribution in [0.4, 0.5) is 0 Å². The molecule has 0 bridgehead atoms. The average Bonchev–Trinajstić information content (AvgIpc) is 2.88. The zero-order valence-electron chi connectivity index (χ0n) is 19.8. The Morgan fingerprint density at radius 2 is 1.62 bits per heavy atom. The van der Waals surface area contributed by atoms with Crippen molar-refractivity contribution >= 4 is 46.2 Å². The molecule has 0 amide bonds. The summed E-state index contributed by atoms with van der Waals surface area (Å²) in [5, 5.41) is 10.8. The fourth-order valence-corrected chi connectivity index (χ4v) is 4.10. The van der Waals surface area contributed by atoms with Crippen molar-refractivity contribution in [2.24, 2.45) is 0 Å². The molecular weight excluding hydrogens is 523 g/mol. The van der Waals surface area contributed by atoms with Gasteiger partial charge in [0, 0.05) is 17.2 Å². The van der Waals surface area contributed by atoms with Gasteiger partial charge < -0.3 is 28.5 Å². The highest BCUT2D eigenvalue weighted by molar-refractivity contribution is 6.33. The van der Waals surface area contributed by atoms with E-state index in [-0.39, 0.29) is 50.3 Å². The Hall–Kier alpha value is -4.14. The lowest BCUT2D eigenvalue weighted by Crippen LogP contribution is -2.10. The molecular formula is C27H20Cl2O8. The van der Waals surface area contributed by atoms with Crippen LogP contribution in [0.25, 0.3) is 28.4 Å². The average molecular weight is 543 g/mol. The van der Waals surface area contributed by atoms with Gasteiger partial charge in [-0.1, -0.05) is 47.5 Å². The van der Waals surface area contributed by atoms with Gasteiger partial charge >= 0.3 is 5.97 Å². The van der Waals surface area contributed by atoms with Gasteiger partial charge in [0.05, 0.1) is 31.9 Å². The number of ether oxygens (including phenoxy) is 4. The molecule has 0 saturated heterocycles. The van der Waals surface area contributed by atoms with Crippen LogP contribution in [-0.2, 0) is 4.79 Å². The van der Waals surface area contributed by atoms with Gasteiger partial charge in [-0.15, -0.1) is 0 Å². The Morgan fingerprint density at radius 1 is 0.919 bits per heavy atom. The van der Waals surface area contributed by atoms with Gasteiger partial charge in [-0.2, -0.15) is 0 Å². The molecule has 0 aliphatic heterocycles. The van der Waals surface area contributed by atoms with Crippen LogP contribution >= 0.6 is 23.2 Å². The molecule has 0 aliphatic rings. The number of aromatic hydroxyl groups is 1. The van der Waals surface area contributed by atoms with Gasteiger partial charge in [0.15, 0.2) is 22.8 Å². The summed E-state index contributed by atoms with van der Waals surface area (Å²) in [7, 11) is 3.99. The third-order valence-corrected chi connectivity index (χ3v) is 6.01. The first kappa shape index (κ1) is 25.9. The molecule has 3 aromatic carbocycles. The number of halogens is 2. The topological polar surface area (TPSA) is 104 Å². The van der Waals surface area contributed by atoms with Gasteiger partial charge in [0.1, 0.15) is 11.1 Å². The van der Waals surface area contributed by atoms with Crippen molar-refractivity contribution in [2.75, 3.05) is 21.3 Å². The molecule has 0 fully saturated rings. The molecule has 1 N–H and O–H groups in total. The van der Waals surface area contributed by atoms with E-state index >= 15 is 0 Å². The number of phenols is 1. The van der Waals surface area contributed by atoms with Gasteiger partial charge in [-0.25, -0.2) is 4.79 Å². The van der Waals surface area contributed by atoms with Crippen LogP contribution in [0.5, 0.6) is 28.7 Å². The molecule has 1 heterocycles. The summed E-state index contributed by atoms with van der Waals surface area (Å²) in [6, 6.07) is 12.8. The number of rotatable bonds is 7. The van der Waals surface area contributed by atoms with E-state index < -0.39 is 17.1 Å². The largest absolute Gasteiger partial charge is 0.507 e. The maximum absolute atomic E-state index is 13.3. The van der Waals surface area contributed by atoms with Crippen molar-refractivity contribution in [2.45, 2.75) is 0 Å². The Balaban J connectivity index is 1.88. The molecule has 0 unspecified atom stereocenters. The summed E-state index contributed by atoms with van der Waals surface area (Å²) in [6.45, 7) is 0. The number of benzene rings is 3. The predicted molar refractivity (Wildman–Crippen MR) is 140 cm³/mol. The molecule has 4 rings (SSSR count). The predicted octanol–water partition coefficient (Wildman–Crippen LogP) is 6.12. The highest BCUT2D eigenvalue weighted by atomic mass is 35.5. The Morgan fingerprint density at radius 3 is 2.30 bits per heavy atom. The Kier molecular flexibility index (Phi) is 7.61. The number of carbonyl (C=O) groups excluding carboxylic acids is 1. The number of methoxy groups -OCH3 is 3. The van der Waals surface area contributed by atoms with Crippen LogP contribution in [-0.4, -0.2) is 32.4 Å². The molecule has 0 saturated carbocycles. The Bertz CT molecular complexity index is 1590. The number of hydrogen-bond acceptors (Lipinski definition) is 8. The third kappa shape index (κ3) is 4.94. The van der Waals surface area contributed by atoms with Gasteiger partial charge in [0.25, 0.3) is 0 Å². The first-order valence-corrected chi connectivity index (χ1v) is 11.5. The van der Waals surface area contributed by atoms with Crippen molar-refractivity contribution in [1.29, 1.82) is 0 Å². The van der Waals surface area contributed by atoms with E-state index in [2.05, 4.69) is 0 Å². The molecule has 0 atom stereocenters. The summed E-state index contributed by atoms with van der Waals surface area (Å²) < 4.78 is 27.6. The van der Waals surface area contributed by atoms with E-state index in [9.17, 15) is 14.7 Å². The standard InChI is InChI=1S/C27H20Cl2O8/c1-33-19-13-18(30)21-22(32)27(35-3)24(37-26(21)25(19)34-2)15-8-6-10-17(29)23(15)36-20(31)12-11-14-7-4-5-9-16(14)28/h4-13,30H,1-3H3/b12-11+. The van der Waals surface area contributed by atoms with Gasteiger partial charge in [0.2, 0.25) is 16.9 Å². The number of esters is 1. The second-order valence-corrected chi connectivity index (χ2v) is 8.34. The second kappa shape index (κ2) is 10.9. The molecule has 1 aromatic heterocycles. The Labute approximate surface area is 221 Å². The zero-order valence-corrected chi connectivity index (χ0v) is 21.3. The van der Waals surface area contributed by atoms with Gasteiger partial charge in [-0.3, -0.25) is 4.79 Å². The molecule has 37 heavy (non-hydrogen) atoms.